The van der Waals surface area contributed by atoms with Gasteiger partial charge in [0.2, 0.25) is 0 Å². The van der Waals surface area contributed by atoms with Crippen molar-refractivity contribution in [3.05, 3.63) is 41.5 Å². The normalized spacial score (nSPS) is 17.5. The molecule has 0 spiro atoms. The number of halogens is 1. The highest BCUT2D eigenvalue weighted by Crippen LogP contribution is 2.25. The van der Waals surface area contributed by atoms with Crippen LogP contribution in [0.15, 0.2) is 24.4 Å². The van der Waals surface area contributed by atoms with E-state index in [4.69, 9.17) is 0 Å². The number of amides is 1. The van der Waals surface area contributed by atoms with E-state index in [0.717, 1.165) is 6.42 Å². The molecule has 2 N–H and O–H groups in total. The van der Waals surface area contributed by atoms with Crippen LogP contribution in [0.25, 0.3) is 5.69 Å². The number of carboxylic acids is 1. The zero-order valence-corrected chi connectivity index (χ0v) is 13.6. The number of aromatic nitrogens is 2. The molecule has 0 saturated carbocycles. The summed E-state index contributed by atoms with van der Waals surface area (Å²) in [5.74, 6) is -2.43. The number of hydrogen-bond acceptors (Lipinski definition) is 4. The molecule has 2 aromatic rings. The van der Waals surface area contributed by atoms with Crippen LogP contribution in [0.5, 0.6) is 5.75 Å². The van der Waals surface area contributed by atoms with Crippen molar-refractivity contribution in [2.75, 3.05) is 6.54 Å². The molecule has 1 aromatic carbocycles. The summed E-state index contributed by atoms with van der Waals surface area (Å²) in [4.78, 5) is 25.3. The van der Waals surface area contributed by atoms with Crippen LogP contribution in [0.3, 0.4) is 0 Å². The number of hydrogen-bond donors (Lipinski definition) is 2. The summed E-state index contributed by atoms with van der Waals surface area (Å²) in [6, 6.07) is 3.15. The summed E-state index contributed by atoms with van der Waals surface area (Å²) in [5, 5.41) is 23.5. The average Bonchev–Trinajstić information content (AvgIpc) is 2.95. The minimum atomic E-state index is -1.07. The lowest BCUT2D eigenvalue weighted by atomic mass is 10.0. The Morgan fingerprint density at radius 2 is 2.08 bits per heavy atom. The third kappa shape index (κ3) is 3.19. The van der Waals surface area contributed by atoms with Crippen LogP contribution in [-0.4, -0.2) is 49.4 Å². The highest BCUT2D eigenvalue weighted by molar-refractivity contribution is 5.97. The number of likely N-dealkylation sites (tertiary alicyclic amines) is 1. The molecule has 1 atom stereocenters. The van der Waals surface area contributed by atoms with E-state index in [1.165, 1.54) is 34.0 Å². The zero-order valence-electron chi connectivity index (χ0n) is 13.6. The highest BCUT2D eigenvalue weighted by Gasteiger charge is 2.34. The van der Waals surface area contributed by atoms with Crippen molar-refractivity contribution >= 4 is 11.9 Å². The maximum atomic E-state index is 13.2. The van der Waals surface area contributed by atoms with E-state index in [1.807, 2.05) is 0 Å². The number of carboxylic acid groups (broad SMARTS) is 1. The first kappa shape index (κ1) is 16.9. The largest absolute Gasteiger partial charge is 0.504 e. The van der Waals surface area contributed by atoms with Gasteiger partial charge in [-0.15, -0.1) is 0 Å². The van der Waals surface area contributed by atoms with Crippen molar-refractivity contribution in [3.63, 3.8) is 0 Å². The summed E-state index contributed by atoms with van der Waals surface area (Å²) in [5.41, 5.74) is 0.893. The molecule has 1 unspecified atom stereocenters. The Balaban J connectivity index is 1.94. The predicted octanol–water partition coefficient (Wildman–Crippen LogP) is 2.10. The highest BCUT2D eigenvalue weighted by atomic mass is 19.1. The molecule has 1 aromatic heterocycles. The van der Waals surface area contributed by atoms with E-state index in [9.17, 15) is 24.2 Å². The Morgan fingerprint density at radius 1 is 1.32 bits per heavy atom. The average molecular weight is 347 g/mol. The predicted molar refractivity (Wildman–Crippen MR) is 86.2 cm³/mol. The summed E-state index contributed by atoms with van der Waals surface area (Å²) < 4.78 is 14.5. The van der Waals surface area contributed by atoms with Crippen LogP contribution >= 0.6 is 0 Å². The van der Waals surface area contributed by atoms with Crippen LogP contribution in [0.4, 0.5) is 4.39 Å². The molecule has 1 amide bonds. The number of aryl methyl sites for hydroxylation is 1. The third-order valence-electron chi connectivity index (χ3n) is 4.35. The van der Waals surface area contributed by atoms with E-state index in [0.29, 0.717) is 30.6 Å². The fourth-order valence-electron chi connectivity index (χ4n) is 3.08. The van der Waals surface area contributed by atoms with Crippen LogP contribution in [0.2, 0.25) is 0 Å². The first-order chi connectivity index (χ1) is 11.9. The van der Waals surface area contributed by atoms with E-state index in [2.05, 4.69) is 5.10 Å². The van der Waals surface area contributed by atoms with Gasteiger partial charge in [0.1, 0.15) is 11.9 Å². The molecule has 8 heteroatoms. The minimum absolute atomic E-state index is 0.211. The van der Waals surface area contributed by atoms with Crippen molar-refractivity contribution < 1.29 is 24.2 Å². The van der Waals surface area contributed by atoms with E-state index < -0.39 is 23.7 Å². The van der Waals surface area contributed by atoms with Gasteiger partial charge in [-0.2, -0.15) is 5.10 Å². The fourth-order valence-corrected chi connectivity index (χ4v) is 3.08. The van der Waals surface area contributed by atoms with Gasteiger partial charge in [-0.1, -0.05) is 0 Å². The quantitative estimate of drug-likeness (QED) is 0.886. The number of aliphatic carboxylic acids is 1. The van der Waals surface area contributed by atoms with Gasteiger partial charge in [0, 0.05) is 6.54 Å². The van der Waals surface area contributed by atoms with Gasteiger partial charge in [-0.25, -0.2) is 13.9 Å². The molecule has 0 aliphatic carbocycles. The molecule has 3 rings (SSSR count). The molecule has 1 aliphatic rings. The van der Waals surface area contributed by atoms with Crippen LogP contribution < -0.4 is 0 Å². The Morgan fingerprint density at radius 3 is 2.76 bits per heavy atom. The molecular weight excluding hydrogens is 329 g/mol. The van der Waals surface area contributed by atoms with Crippen molar-refractivity contribution in [1.29, 1.82) is 0 Å². The van der Waals surface area contributed by atoms with Crippen molar-refractivity contribution in [3.8, 4) is 11.4 Å². The van der Waals surface area contributed by atoms with Gasteiger partial charge in [-0.05, 0) is 49.9 Å². The maximum absolute atomic E-state index is 13.2. The van der Waals surface area contributed by atoms with E-state index in [1.54, 1.807) is 6.92 Å². The maximum Gasteiger partial charge on any atom is 0.326 e. The number of aromatic hydroxyl groups is 1. The summed E-state index contributed by atoms with van der Waals surface area (Å²) in [6.45, 7) is 1.99. The van der Waals surface area contributed by atoms with Crippen LogP contribution in [0, 0.1) is 12.7 Å². The molecule has 0 bridgehead atoms. The third-order valence-corrected chi connectivity index (χ3v) is 4.35. The molecule has 2 heterocycles. The van der Waals surface area contributed by atoms with Gasteiger partial charge in [0.25, 0.3) is 5.91 Å². The lowest BCUT2D eigenvalue weighted by Gasteiger charge is -2.32. The lowest BCUT2D eigenvalue weighted by molar-refractivity contribution is -0.143. The van der Waals surface area contributed by atoms with Gasteiger partial charge >= 0.3 is 5.97 Å². The summed E-state index contributed by atoms with van der Waals surface area (Å²) in [7, 11) is 0. The molecule has 7 nitrogen and oxygen atoms in total. The lowest BCUT2D eigenvalue weighted by Crippen LogP contribution is -2.48. The summed E-state index contributed by atoms with van der Waals surface area (Å²) >= 11 is 0. The number of piperidine rings is 1. The second-order valence-corrected chi connectivity index (χ2v) is 6.09. The Labute approximate surface area is 143 Å². The SMILES string of the molecule is Cc1cc(F)ccc1-n1cc(O)c(C(=O)N2CCCCC2C(=O)O)n1. The Kier molecular flexibility index (Phi) is 4.43. The van der Waals surface area contributed by atoms with Gasteiger partial charge in [0.05, 0.1) is 11.9 Å². The number of nitrogens with zero attached hydrogens (tertiary/aromatic N) is 3. The monoisotopic (exact) mass is 347 g/mol. The molecule has 25 heavy (non-hydrogen) atoms. The number of carbonyl (C=O) groups excluding carboxylic acids is 1. The van der Waals surface area contributed by atoms with Crippen molar-refractivity contribution in [2.45, 2.75) is 32.2 Å². The van der Waals surface area contributed by atoms with Crippen molar-refractivity contribution in [1.82, 2.24) is 14.7 Å². The van der Waals surface area contributed by atoms with Crippen LogP contribution in [-0.2, 0) is 4.79 Å². The van der Waals surface area contributed by atoms with Gasteiger partial charge in [-0.3, -0.25) is 4.79 Å². The minimum Gasteiger partial charge on any atom is -0.504 e. The fraction of sp³-hybridized carbons (Fsp3) is 0.353. The second kappa shape index (κ2) is 6.54. The molecule has 132 valence electrons. The first-order valence-corrected chi connectivity index (χ1v) is 7.97. The standard InChI is InChI=1S/C17H18FN3O4/c1-10-8-11(18)5-6-12(10)21-9-14(22)15(19-21)16(23)20-7-3-2-4-13(20)17(24)25/h5-6,8-9,13,22H,2-4,7H2,1H3,(H,24,25). The van der Waals surface area contributed by atoms with E-state index >= 15 is 0 Å². The molecular formula is C17H18FN3O4. The zero-order chi connectivity index (χ0) is 18.1. The number of benzene rings is 1. The van der Waals surface area contributed by atoms with Gasteiger partial charge < -0.3 is 15.1 Å². The molecule has 1 saturated heterocycles. The van der Waals surface area contributed by atoms with Crippen LogP contribution in [0.1, 0.15) is 35.3 Å². The Hall–Kier alpha value is -2.90. The number of rotatable bonds is 3. The van der Waals surface area contributed by atoms with Gasteiger partial charge in [0.15, 0.2) is 11.4 Å². The number of carbonyl (C=O) groups is 2. The molecule has 1 aliphatic heterocycles. The smallest absolute Gasteiger partial charge is 0.326 e. The Bertz CT molecular complexity index is 833. The topological polar surface area (TPSA) is 95.7 Å². The van der Waals surface area contributed by atoms with Crippen molar-refractivity contribution in [2.24, 2.45) is 0 Å². The van der Waals surface area contributed by atoms with E-state index in [-0.39, 0.29) is 11.4 Å². The summed E-state index contributed by atoms with van der Waals surface area (Å²) in [6.07, 6.45) is 3.07. The first-order valence-electron chi connectivity index (χ1n) is 7.97. The molecule has 0 radical (unpaired) electrons. The second-order valence-electron chi connectivity index (χ2n) is 6.09. The molecule has 1 fully saturated rings.